The first-order chi connectivity index (χ1) is 13.8. The molecule has 1 aromatic heterocycles. The van der Waals surface area contributed by atoms with E-state index in [4.69, 9.17) is 4.74 Å². The van der Waals surface area contributed by atoms with E-state index in [-0.39, 0.29) is 17.5 Å². The lowest BCUT2D eigenvalue weighted by Gasteiger charge is -2.31. The van der Waals surface area contributed by atoms with Crippen LogP contribution < -0.4 is 5.32 Å². The fourth-order valence-electron chi connectivity index (χ4n) is 3.38. The zero-order valence-electron chi connectivity index (χ0n) is 18.4. The highest BCUT2D eigenvalue weighted by Crippen LogP contribution is 2.32. The van der Waals surface area contributed by atoms with E-state index in [0.717, 1.165) is 21.4 Å². The average molecular weight is 477 g/mol. The van der Waals surface area contributed by atoms with Gasteiger partial charge in [-0.25, -0.2) is 9.59 Å². The number of carbonyl (C=O) groups excluding carboxylic acids is 2. The molecule has 2 aromatic rings. The molecule has 0 saturated carbocycles. The minimum Gasteiger partial charge on any atom is -0.444 e. The summed E-state index contributed by atoms with van der Waals surface area (Å²) < 4.78 is 7.93. The van der Waals surface area contributed by atoms with E-state index in [2.05, 4.69) is 47.1 Å². The molecule has 1 aromatic carbocycles. The molecule has 0 atom stereocenters. The van der Waals surface area contributed by atoms with Crippen molar-refractivity contribution in [3.63, 3.8) is 0 Å². The minimum absolute atomic E-state index is 0.274. The van der Waals surface area contributed by atoms with E-state index in [9.17, 15) is 9.59 Å². The molecule has 30 heavy (non-hydrogen) atoms. The number of fused-ring (bicyclic) bond motifs is 1. The van der Waals surface area contributed by atoms with Gasteiger partial charge in [0.25, 0.3) is 0 Å². The topological polar surface area (TPSA) is 76.5 Å². The molecule has 0 fully saturated rings. The zero-order valence-corrected chi connectivity index (χ0v) is 20.0. The maximum atomic E-state index is 13.0. The summed E-state index contributed by atoms with van der Waals surface area (Å²) >= 11 is 3.39. The number of rotatable bonds is 1. The summed E-state index contributed by atoms with van der Waals surface area (Å²) in [5.41, 5.74) is 2.44. The zero-order chi connectivity index (χ0) is 22.3. The van der Waals surface area contributed by atoms with Crippen LogP contribution in [0.5, 0.6) is 0 Å². The van der Waals surface area contributed by atoms with Crippen LogP contribution in [0.4, 0.5) is 15.3 Å². The van der Waals surface area contributed by atoms with Gasteiger partial charge >= 0.3 is 12.1 Å². The maximum absolute atomic E-state index is 13.0. The predicted octanol–water partition coefficient (Wildman–Crippen LogP) is 5.32. The average Bonchev–Trinajstić information content (AvgIpc) is 3.01. The van der Waals surface area contributed by atoms with Crippen LogP contribution in [-0.4, -0.2) is 39.0 Å². The Balaban J connectivity index is 1.90. The van der Waals surface area contributed by atoms with Gasteiger partial charge in [-0.3, -0.25) is 0 Å². The second kappa shape index (κ2) is 8.06. The van der Waals surface area contributed by atoms with Crippen molar-refractivity contribution in [2.75, 3.05) is 11.9 Å². The SMILES string of the molecule is CC(C)(C)OC(=O)N1CCc2c(c(C(C)(C)C)nn2C(=O)Nc2ccc(Br)cc2)C1. The number of benzene rings is 1. The lowest BCUT2D eigenvalue weighted by Crippen LogP contribution is -2.40. The van der Waals surface area contributed by atoms with Crippen LogP contribution in [-0.2, 0) is 23.1 Å². The van der Waals surface area contributed by atoms with Crippen LogP contribution in [0.2, 0.25) is 0 Å². The van der Waals surface area contributed by atoms with E-state index in [1.807, 2.05) is 45.0 Å². The van der Waals surface area contributed by atoms with E-state index in [0.29, 0.717) is 25.2 Å². The highest BCUT2D eigenvalue weighted by molar-refractivity contribution is 9.10. The molecule has 3 rings (SSSR count). The highest BCUT2D eigenvalue weighted by Gasteiger charge is 2.34. The van der Waals surface area contributed by atoms with Gasteiger partial charge in [0.15, 0.2) is 0 Å². The van der Waals surface area contributed by atoms with Gasteiger partial charge in [0.05, 0.1) is 17.9 Å². The number of halogens is 1. The quantitative estimate of drug-likeness (QED) is 0.604. The first-order valence-corrected chi connectivity index (χ1v) is 10.8. The Kier molecular flexibility index (Phi) is 6.00. The number of nitrogens with zero attached hydrogens (tertiary/aromatic N) is 3. The van der Waals surface area contributed by atoms with Gasteiger partial charge in [0, 0.05) is 34.1 Å². The van der Waals surface area contributed by atoms with E-state index in [1.165, 1.54) is 4.68 Å². The Hall–Kier alpha value is -2.35. The molecule has 162 valence electrons. The van der Waals surface area contributed by atoms with Gasteiger partial charge in [-0.05, 0) is 45.0 Å². The van der Waals surface area contributed by atoms with Gasteiger partial charge in [0.1, 0.15) is 5.60 Å². The monoisotopic (exact) mass is 476 g/mol. The molecule has 0 spiro atoms. The number of anilines is 1. The number of carbonyl (C=O) groups is 2. The second-order valence-corrected chi connectivity index (χ2v) is 10.4. The summed E-state index contributed by atoms with van der Waals surface area (Å²) in [6.07, 6.45) is 0.186. The van der Waals surface area contributed by atoms with Gasteiger partial charge in [0.2, 0.25) is 0 Å². The number of hydrogen-bond acceptors (Lipinski definition) is 4. The van der Waals surface area contributed by atoms with Crippen LogP contribution in [0.1, 0.15) is 58.5 Å². The van der Waals surface area contributed by atoms with Crippen LogP contribution in [0.15, 0.2) is 28.7 Å². The van der Waals surface area contributed by atoms with Crippen LogP contribution in [0.3, 0.4) is 0 Å². The van der Waals surface area contributed by atoms with Crippen LogP contribution in [0, 0.1) is 0 Å². The first-order valence-electron chi connectivity index (χ1n) is 10.0. The van der Waals surface area contributed by atoms with Crippen LogP contribution >= 0.6 is 15.9 Å². The molecule has 7 nitrogen and oxygen atoms in total. The van der Waals surface area contributed by atoms with Gasteiger partial charge in [-0.1, -0.05) is 36.7 Å². The molecule has 2 heterocycles. The van der Waals surface area contributed by atoms with Gasteiger partial charge < -0.3 is 15.0 Å². The molecule has 0 aliphatic carbocycles. The summed E-state index contributed by atoms with van der Waals surface area (Å²) in [5.74, 6) is 0. The molecule has 0 saturated heterocycles. The third kappa shape index (κ3) is 5.03. The van der Waals surface area contributed by atoms with Crippen molar-refractivity contribution in [1.29, 1.82) is 0 Å². The predicted molar refractivity (Wildman–Crippen MR) is 120 cm³/mol. The molecular formula is C22H29BrN4O3. The van der Waals surface area contributed by atoms with Crippen LogP contribution in [0.25, 0.3) is 0 Å². The highest BCUT2D eigenvalue weighted by atomic mass is 79.9. The standard InChI is InChI=1S/C22H29BrN4O3/c1-21(2,3)18-16-13-26(20(29)30-22(4,5)6)12-11-17(16)27(25-18)19(28)24-15-9-7-14(23)8-10-15/h7-10H,11-13H2,1-6H3,(H,24,28). The third-order valence-electron chi connectivity index (χ3n) is 4.71. The summed E-state index contributed by atoms with van der Waals surface area (Å²) in [5, 5.41) is 7.56. The van der Waals surface area contributed by atoms with Crippen molar-refractivity contribution in [1.82, 2.24) is 14.7 Å². The Morgan fingerprint density at radius 3 is 2.30 bits per heavy atom. The second-order valence-electron chi connectivity index (χ2n) is 9.52. The Labute approximate surface area is 185 Å². The molecular weight excluding hydrogens is 448 g/mol. The first kappa shape index (κ1) is 22.3. The van der Waals surface area contributed by atoms with E-state index in [1.54, 1.807) is 4.90 Å². The number of ether oxygens (including phenoxy) is 1. The molecule has 0 radical (unpaired) electrons. The summed E-state index contributed by atoms with van der Waals surface area (Å²) in [4.78, 5) is 27.3. The van der Waals surface area contributed by atoms with Crippen molar-refractivity contribution in [3.8, 4) is 0 Å². The number of nitrogens with one attached hydrogen (secondary N) is 1. The van der Waals surface area contributed by atoms with Gasteiger partial charge in [-0.2, -0.15) is 9.78 Å². The molecule has 8 heteroatoms. The molecule has 1 aliphatic heterocycles. The smallest absolute Gasteiger partial charge is 0.410 e. The van der Waals surface area contributed by atoms with E-state index >= 15 is 0 Å². The Bertz CT molecular complexity index is 952. The largest absolute Gasteiger partial charge is 0.444 e. The van der Waals surface area contributed by atoms with Crippen molar-refractivity contribution in [3.05, 3.63) is 45.7 Å². The summed E-state index contributed by atoms with van der Waals surface area (Å²) in [6, 6.07) is 7.08. The Morgan fingerprint density at radius 1 is 1.10 bits per heavy atom. The summed E-state index contributed by atoms with van der Waals surface area (Å²) in [7, 11) is 0. The lowest BCUT2D eigenvalue weighted by molar-refractivity contribution is 0.0222. The van der Waals surface area contributed by atoms with Crippen molar-refractivity contribution >= 4 is 33.7 Å². The molecule has 1 aliphatic rings. The lowest BCUT2D eigenvalue weighted by atomic mass is 9.87. The molecule has 0 bridgehead atoms. The summed E-state index contributed by atoms with van der Waals surface area (Å²) in [6.45, 7) is 12.6. The van der Waals surface area contributed by atoms with Crippen molar-refractivity contribution in [2.45, 2.75) is 65.5 Å². The molecule has 1 N–H and O–H groups in total. The third-order valence-corrected chi connectivity index (χ3v) is 5.24. The number of hydrogen-bond donors (Lipinski definition) is 1. The number of aromatic nitrogens is 2. The Morgan fingerprint density at radius 2 is 1.73 bits per heavy atom. The maximum Gasteiger partial charge on any atom is 0.410 e. The fourth-order valence-corrected chi connectivity index (χ4v) is 3.65. The minimum atomic E-state index is -0.557. The van der Waals surface area contributed by atoms with E-state index < -0.39 is 5.60 Å². The molecule has 2 amide bonds. The normalized spacial score (nSPS) is 14.3. The van der Waals surface area contributed by atoms with Crippen molar-refractivity contribution < 1.29 is 14.3 Å². The van der Waals surface area contributed by atoms with Gasteiger partial charge in [-0.15, -0.1) is 0 Å². The molecule has 0 unspecified atom stereocenters. The van der Waals surface area contributed by atoms with Crippen molar-refractivity contribution in [2.24, 2.45) is 0 Å². The number of amides is 2. The fraction of sp³-hybridized carbons (Fsp3) is 0.500.